The van der Waals surface area contributed by atoms with Gasteiger partial charge in [0.05, 0.1) is 12.3 Å². The number of nitrogens with one attached hydrogen (secondary N) is 1. The number of aliphatic imine (C=N–C) groups is 1. The highest BCUT2D eigenvalue weighted by atomic mass is 16.5. The van der Waals surface area contributed by atoms with Gasteiger partial charge in [0, 0.05) is 12.4 Å². The van der Waals surface area contributed by atoms with Crippen molar-refractivity contribution in [1.82, 2.24) is 5.32 Å². The summed E-state index contributed by atoms with van der Waals surface area (Å²) < 4.78 is 5.37. The summed E-state index contributed by atoms with van der Waals surface area (Å²) >= 11 is 0. The molecule has 0 aliphatic carbocycles. The molecule has 1 rings (SSSR count). The number of hydrogen-bond donors (Lipinski definition) is 2. The molecular formula is C8H13N3O. The van der Waals surface area contributed by atoms with Gasteiger partial charge in [0.1, 0.15) is 5.82 Å². The summed E-state index contributed by atoms with van der Waals surface area (Å²) in [6.07, 6.45) is 4.92. The second-order valence-electron chi connectivity index (χ2n) is 2.67. The van der Waals surface area contributed by atoms with Crippen LogP contribution >= 0.6 is 0 Å². The molecule has 0 fully saturated rings. The maximum Gasteiger partial charge on any atom is 0.153 e. The van der Waals surface area contributed by atoms with E-state index in [1.165, 1.54) is 6.20 Å². The van der Waals surface area contributed by atoms with Gasteiger partial charge in [-0.25, -0.2) is 4.99 Å². The minimum Gasteiger partial charge on any atom is -0.488 e. The van der Waals surface area contributed by atoms with Gasteiger partial charge < -0.3 is 15.8 Å². The second kappa shape index (κ2) is 3.80. The number of ether oxygens (including phenoxy) is 1. The summed E-state index contributed by atoms with van der Waals surface area (Å²) in [5.74, 6) is 1.35. The van der Waals surface area contributed by atoms with E-state index in [4.69, 9.17) is 10.5 Å². The Bertz CT molecular complexity index is 241. The van der Waals surface area contributed by atoms with E-state index in [-0.39, 0.29) is 6.10 Å². The van der Waals surface area contributed by atoms with E-state index >= 15 is 0 Å². The van der Waals surface area contributed by atoms with Crippen LogP contribution in [0.2, 0.25) is 0 Å². The van der Waals surface area contributed by atoms with Crippen LogP contribution in [0.3, 0.4) is 0 Å². The predicted octanol–water partition coefficient (Wildman–Crippen LogP) is 0.684. The monoisotopic (exact) mass is 167 g/mol. The molecule has 4 nitrogen and oxygen atoms in total. The Morgan fingerprint density at radius 1 is 1.67 bits per heavy atom. The van der Waals surface area contributed by atoms with Gasteiger partial charge in [0.25, 0.3) is 0 Å². The lowest BCUT2D eigenvalue weighted by molar-refractivity contribution is 0.163. The quantitative estimate of drug-likeness (QED) is 0.636. The number of allylic oxidation sites excluding steroid dienone is 1. The molecule has 0 amide bonds. The highest BCUT2D eigenvalue weighted by molar-refractivity contribution is 5.77. The molecule has 0 radical (unpaired) electrons. The number of nitrogens with zero attached hydrogens (tertiary/aromatic N) is 1. The van der Waals surface area contributed by atoms with Crippen LogP contribution in [-0.2, 0) is 4.74 Å². The third kappa shape index (κ3) is 2.30. The van der Waals surface area contributed by atoms with Crippen molar-refractivity contribution in [3.8, 4) is 0 Å². The summed E-state index contributed by atoms with van der Waals surface area (Å²) in [6.45, 7) is 3.92. The minimum absolute atomic E-state index is 0.160. The van der Waals surface area contributed by atoms with Crippen LogP contribution in [-0.4, -0.2) is 12.3 Å². The highest BCUT2D eigenvalue weighted by Gasteiger charge is 2.03. The first-order chi connectivity index (χ1) is 5.72. The molecule has 1 heterocycles. The Morgan fingerprint density at radius 2 is 2.42 bits per heavy atom. The van der Waals surface area contributed by atoms with E-state index in [0.717, 1.165) is 5.76 Å². The van der Waals surface area contributed by atoms with Gasteiger partial charge in [-0.3, -0.25) is 0 Å². The Hall–Kier alpha value is -1.45. The SMILES string of the molecule is CC(C)OC1=CN/C(=C/N)N=C1. The molecule has 0 aromatic rings. The van der Waals surface area contributed by atoms with Crippen molar-refractivity contribution in [3.63, 3.8) is 0 Å². The van der Waals surface area contributed by atoms with Crippen molar-refractivity contribution in [2.45, 2.75) is 20.0 Å². The molecule has 0 saturated carbocycles. The van der Waals surface area contributed by atoms with Crippen LogP contribution in [0.5, 0.6) is 0 Å². The van der Waals surface area contributed by atoms with Crippen LogP contribution in [0.1, 0.15) is 13.8 Å². The van der Waals surface area contributed by atoms with Crippen molar-refractivity contribution < 1.29 is 4.74 Å². The molecule has 1 aliphatic heterocycles. The third-order valence-corrected chi connectivity index (χ3v) is 1.22. The van der Waals surface area contributed by atoms with Crippen molar-refractivity contribution in [1.29, 1.82) is 0 Å². The van der Waals surface area contributed by atoms with E-state index in [1.54, 1.807) is 12.4 Å². The third-order valence-electron chi connectivity index (χ3n) is 1.22. The average Bonchev–Trinajstić information content (AvgIpc) is 2.05. The summed E-state index contributed by atoms with van der Waals surface area (Å²) in [4.78, 5) is 3.99. The van der Waals surface area contributed by atoms with Crippen LogP contribution in [0, 0.1) is 0 Å². The maximum absolute atomic E-state index is 5.37. The van der Waals surface area contributed by atoms with Gasteiger partial charge in [0.2, 0.25) is 0 Å². The molecule has 1 aliphatic rings. The summed E-state index contributed by atoms with van der Waals surface area (Å²) in [7, 11) is 0. The maximum atomic E-state index is 5.37. The average molecular weight is 167 g/mol. The van der Waals surface area contributed by atoms with Gasteiger partial charge in [-0.05, 0) is 13.8 Å². The Balaban J connectivity index is 2.52. The van der Waals surface area contributed by atoms with Crippen LogP contribution < -0.4 is 11.1 Å². The molecule has 3 N–H and O–H groups in total. The number of hydrogen-bond acceptors (Lipinski definition) is 4. The lowest BCUT2D eigenvalue weighted by Crippen LogP contribution is -2.15. The fourth-order valence-corrected chi connectivity index (χ4v) is 0.781. The summed E-state index contributed by atoms with van der Waals surface area (Å²) in [6, 6.07) is 0. The fourth-order valence-electron chi connectivity index (χ4n) is 0.781. The van der Waals surface area contributed by atoms with Gasteiger partial charge in [0.15, 0.2) is 5.76 Å². The van der Waals surface area contributed by atoms with Crippen molar-refractivity contribution in [2.75, 3.05) is 0 Å². The summed E-state index contributed by atoms with van der Waals surface area (Å²) in [5, 5.41) is 2.88. The molecule has 0 bridgehead atoms. The van der Waals surface area contributed by atoms with Crippen molar-refractivity contribution in [2.24, 2.45) is 10.7 Å². The molecule has 0 aromatic carbocycles. The second-order valence-corrected chi connectivity index (χ2v) is 2.67. The van der Waals surface area contributed by atoms with E-state index in [9.17, 15) is 0 Å². The van der Waals surface area contributed by atoms with E-state index in [0.29, 0.717) is 5.82 Å². The van der Waals surface area contributed by atoms with Crippen LogP contribution in [0.25, 0.3) is 0 Å². The smallest absolute Gasteiger partial charge is 0.153 e. The van der Waals surface area contributed by atoms with Gasteiger partial charge in [-0.1, -0.05) is 0 Å². The van der Waals surface area contributed by atoms with E-state index < -0.39 is 0 Å². The van der Waals surface area contributed by atoms with Crippen LogP contribution in [0.15, 0.2) is 29.0 Å². The van der Waals surface area contributed by atoms with Gasteiger partial charge in [-0.2, -0.15) is 0 Å². The first kappa shape index (κ1) is 8.64. The Labute approximate surface area is 71.8 Å². The normalized spacial score (nSPS) is 19.2. The Kier molecular flexibility index (Phi) is 2.74. The molecule has 12 heavy (non-hydrogen) atoms. The zero-order chi connectivity index (χ0) is 8.97. The molecule has 66 valence electrons. The van der Waals surface area contributed by atoms with Crippen LogP contribution in [0.4, 0.5) is 0 Å². The summed E-state index contributed by atoms with van der Waals surface area (Å²) in [5.41, 5.74) is 5.24. The van der Waals surface area contributed by atoms with Gasteiger partial charge in [-0.15, -0.1) is 0 Å². The molecule has 0 spiro atoms. The first-order valence-corrected chi connectivity index (χ1v) is 3.81. The first-order valence-electron chi connectivity index (χ1n) is 3.81. The van der Waals surface area contributed by atoms with Crippen molar-refractivity contribution >= 4 is 6.21 Å². The highest BCUT2D eigenvalue weighted by Crippen LogP contribution is 2.04. The van der Waals surface area contributed by atoms with E-state index in [1.807, 2.05) is 13.8 Å². The predicted molar refractivity (Wildman–Crippen MR) is 48.2 cm³/mol. The zero-order valence-corrected chi connectivity index (χ0v) is 7.24. The Morgan fingerprint density at radius 3 is 2.83 bits per heavy atom. The largest absolute Gasteiger partial charge is 0.488 e. The molecule has 0 atom stereocenters. The molecule has 0 aromatic heterocycles. The minimum atomic E-state index is 0.160. The lowest BCUT2D eigenvalue weighted by atomic mass is 10.4. The topological polar surface area (TPSA) is 59.6 Å². The lowest BCUT2D eigenvalue weighted by Gasteiger charge is -2.13. The number of nitrogens with two attached hydrogens (primary N) is 1. The zero-order valence-electron chi connectivity index (χ0n) is 7.24. The molecular weight excluding hydrogens is 154 g/mol. The molecule has 0 unspecified atom stereocenters. The molecule has 4 heteroatoms. The van der Waals surface area contributed by atoms with E-state index in [2.05, 4.69) is 10.3 Å². The van der Waals surface area contributed by atoms with Gasteiger partial charge >= 0.3 is 0 Å². The molecule has 0 saturated heterocycles. The number of rotatable bonds is 2. The standard InChI is InChI=1S/C8H13N3O/c1-6(2)12-7-4-10-8(3-9)11-5-7/h3-6,10H,9H2,1-2H3/b8-3-. The fraction of sp³-hybridized carbons (Fsp3) is 0.375. The van der Waals surface area contributed by atoms with Crippen molar-refractivity contribution in [3.05, 3.63) is 24.0 Å².